The number of nitrogens with one attached hydrogen (secondary N) is 1. The molecular formula is C9H6ClNO2. The predicted octanol–water partition coefficient (Wildman–Crippen LogP) is 1.89. The molecule has 13 heavy (non-hydrogen) atoms. The Balaban J connectivity index is 3.03. The van der Waals surface area contributed by atoms with E-state index in [2.05, 4.69) is 4.98 Å². The SMILES string of the molecule is O=c1cc[nH]c2cc(Cl)cc(O)c12. The Bertz CT molecular complexity index is 518. The van der Waals surface area contributed by atoms with Crippen LogP contribution < -0.4 is 5.43 Å². The van der Waals surface area contributed by atoms with Crippen LogP contribution in [0.4, 0.5) is 0 Å². The summed E-state index contributed by atoms with van der Waals surface area (Å²) in [6.45, 7) is 0. The van der Waals surface area contributed by atoms with Crippen molar-refractivity contribution in [3.05, 3.63) is 39.6 Å². The van der Waals surface area contributed by atoms with Gasteiger partial charge in [-0.2, -0.15) is 0 Å². The van der Waals surface area contributed by atoms with E-state index in [1.165, 1.54) is 18.3 Å². The van der Waals surface area contributed by atoms with Crippen molar-refractivity contribution in [2.45, 2.75) is 0 Å². The molecule has 0 unspecified atom stereocenters. The van der Waals surface area contributed by atoms with Crippen LogP contribution in [0, 0.1) is 0 Å². The minimum atomic E-state index is -0.220. The van der Waals surface area contributed by atoms with E-state index in [1.54, 1.807) is 6.07 Å². The maximum Gasteiger partial charge on any atom is 0.193 e. The number of H-pyrrole nitrogens is 1. The van der Waals surface area contributed by atoms with E-state index in [0.29, 0.717) is 10.5 Å². The number of hydrogen-bond acceptors (Lipinski definition) is 2. The quantitative estimate of drug-likeness (QED) is 0.675. The van der Waals surface area contributed by atoms with Crippen LogP contribution in [-0.4, -0.2) is 10.1 Å². The second-order valence-corrected chi connectivity index (χ2v) is 3.13. The number of phenolic OH excluding ortho intramolecular Hbond substituents is 1. The predicted molar refractivity (Wildman–Crippen MR) is 51.2 cm³/mol. The molecule has 0 fully saturated rings. The molecule has 66 valence electrons. The van der Waals surface area contributed by atoms with E-state index in [4.69, 9.17) is 11.6 Å². The smallest absolute Gasteiger partial charge is 0.193 e. The normalized spacial score (nSPS) is 10.5. The van der Waals surface area contributed by atoms with Crippen LogP contribution in [0.25, 0.3) is 10.9 Å². The van der Waals surface area contributed by atoms with Crippen LogP contribution in [0.3, 0.4) is 0 Å². The fourth-order valence-electron chi connectivity index (χ4n) is 1.26. The van der Waals surface area contributed by atoms with Crippen molar-refractivity contribution in [1.29, 1.82) is 0 Å². The highest BCUT2D eigenvalue weighted by molar-refractivity contribution is 6.31. The summed E-state index contributed by atoms with van der Waals surface area (Å²) in [5.74, 6) is -0.0932. The maximum absolute atomic E-state index is 11.3. The van der Waals surface area contributed by atoms with Gasteiger partial charge in [-0.1, -0.05) is 11.6 Å². The molecule has 0 aliphatic carbocycles. The minimum absolute atomic E-state index is 0.0932. The van der Waals surface area contributed by atoms with Gasteiger partial charge in [0.2, 0.25) is 0 Å². The second-order valence-electron chi connectivity index (χ2n) is 2.69. The van der Waals surface area contributed by atoms with Crippen molar-refractivity contribution in [1.82, 2.24) is 4.98 Å². The van der Waals surface area contributed by atoms with Crippen LogP contribution in [0.1, 0.15) is 0 Å². The van der Waals surface area contributed by atoms with Gasteiger partial charge in [0, 0.05) is 17.3 Å². The van der Waals surface area contributed by atoms with Crippen LogP contribution in [0.15, 0.2) is 29.2 Å². The van der Waals surface area contributed by atoms with Crippen molar-refractivity contribution in [2.75, 3.05) is 0 Å². The molecule has 2 aromatic rings. The molecule has 4 heteroatoms. The molecule has 1 aromatic heterocycles. The molecule has 0 saturated heterocycles. The molecule has 2 rings (SSSR count). The maximum atomic E-state index is 11.3. The summed E-state index contributed by atoms with van der Waals surface area (Å²) in [6, 6.07) is 4.30. The third-order valence-electron chi connectivity index (χ3n) is 1.80. The topological polar surface area (TPSA) is 53.1 Å². The Labute approximate surface area is 78.6 Å². The molecule has 0 aliphatic rings. The number of pyridine rings is 1. The van der Waals surface area contributed by atoms with Gasteiger partial charge in [-0.15, -0.1) is 0 Å². The zero-order valence-corrected chi connectivity index (χ0v) is 7.30. The summed E-state index contributed by atoms with van der Waals surface area (Å²) in [4.78, 5) is 14.1. The van der Waals surface area contributed by atoms with Crippen molar-refractivity contribution >= 4 is 22.5 Å². The molecule has 0 radical (unpaired) electrons. The number of rotatable bonds is 0. The van der Waals surface area contributed by atoms with Crippen molar-refractivity contribution < 1.29 is 5.11 Å². The standard InChI is InChI=1S/C9H6ClNO2/c10-5-3-6-9(8(13)4-5)7(12)1-2-11-6/h1-4,13H,(H,11,12). The van der Waals surface area contributed by atoms with Gasteiger partial charge in [0.1, 0.15) is 5.75 Å². The first-order valence-electron chi connectivity index (χ1n) is 3.68. The monoisotopic (exact) mass is 195 g/mol. The molecule has 0 spiro atoms. The molecule has 0 amide bonds. The highest BCUT2D eigenvalue weighted by Gasteiger charge is 2.04. The molecule has 3 nitrogen and oxygen atoms in total. The van der Waals surface area contributed by atoms with Crippen LogP contribution in [0.5, 0.6) is 5.75 Å². The number of aromatic amines is 1. The van der Waals surface area contributed by atoms with E-state index < -0.39 is 0 Å². The lowest BCUT2D eigenvalue weighted by molar-refractivity contribution is 0.481. The van der Waals surface area contributed by atoms with E-state index in [-0.39, 0.29) is 16.6 Å². The third kappa shape index (κ3) is 1.27. The summed E-state index contributed by atoms with van der Waals surface area (Å²) >= 11 is 5.69. The molecule has 0 bridgehead atoms. The third-order valence-corrected chi connectivity index (χ3v) is 2.02. The number of fused-ring (bicyclic) bond motifs is 1. The van der Waals surface area contributed by atoms with Crippen molar-refractivity contribution in [2.24, 2.45) is 0 Å². The van der Waals surface area contributed by atoms with Gasteiger partial charge in [0.05, 0.1) is 10.9 Å². The number of benzene rings is 1. The number of phenols is 1. The number of aromatic hydroxyl groups is 1. The van der Waals surface area contributed by atoms with Crippen LogP contribution in [0.2, 0.25) is 5.02 Å². The Kier molecular flexibility index (Phi) is 1.74. The summed E-state index contributed by atoms with van der Waals surface area (Å²) in [5.41, 5.74) is 0.320. The zero-order chi connectivity index (χ0) is 9.42. The lowest BCUT2D eigenvalue weighted by Crippen LogP contribution is -1.99. The molecule has 0 aliphatic heterocycles. The first-order chi connectivity index (χ1) is 6.18. The molecule has 1 heterocycles. The molecule has 0 saturated carbocycles. The Morgan fingerprint density at radius 2 is 2.15 bits per heavy atom. The Hall–Kier alpha value is -1.48. The second kappa shape index (κ2) is 2.78. The fraction of sp³-hybridized carbons (Fsp3) is 0. The minimum Gasteiger partial charge on any atom is -0.507 e. The molecule has 1 aromatic carbocycles. The molecule has 2 N–H and O–H groups in total. The summed E-state index contributed by atoms with van der Waals surface area (Å²) in [6.07, 6.45) is 1.51. The van der Waals surface area contributed by atoms with Crippen LogP contribution in [-0.2, 0) is 0 Å². The van der Waals surface area contributed by atoms with Gasteiger partial charge in [0.15, 0.2) is 5.43 Å². The number of halogens is 1. The first-order valence-corrected chi connectivity index (χ1v) is 4.06. The van der Waals surface area contributed by atoms with Crippen molar-refractivity contribution in [3.63, 3.8) is 0 Å². The van der Waals surface area contributed by atoms with Crippen molar-refractivity contribution in [3.8, 4) is 5.75 Å². The van der Waals surface area contributed by atoms with Gasteiger partial charge in [-0.25, -0.2) is 0 Å². The summed E-state index contributed by atoms with van der Waals surface area (Å²) in [7, 11) is 0. The van der Waals surface area contributed by atoms with Gasteiger partial charge in [0.25, 0.3) is 0 Å². The summed E-state index contributed by atoms with van der Waals surface area (Å²) in [5, 5.41) is 10.1. The van der Waals surface area contributed by atoms with E-state index in [1.807, 2.05) is 0 Å². The van der Waals surface area contributed by atoms with Gasteiger partial charge < -0.3 is 10.1 Å². The van der Waals surface area contributed by atoms with E-state index in [9.17, 15) is 9.90 Å². The highest BCUT2D eigenvalue weighted by atomic mass is 35.5. The average molecular weight is 196 g/mol. The van der Waals surface area contributed by atoms with E-state index in [0.717, 1.165) is 0 Å². The first kappa shape index (κ1) is 8.13. The number of hydrogen-bond donors (Lipinski definition) is 2. The largest absolute Gasteiger partial charge is 0.507 e. The van der Waals surface area contributed by atoms with E-state index >= 15 is 0 Å². The van der Waals surface area contributed by atoms with Crippen LogP contribution >= 0.6 is 11.6 Å². The van der Waals surface area contributed by atoms with Gasteiger partial charge >= 0.3 is 0 Å². The highest BCUT2D eigenvalue weighted by Crippen LogP contribution is 2.24. The lowest BCUT2D eigenvalue weighted by Gasteiger charge is -1.99. The fourth-order valence-corrected chi connectivity index (χ4v) is 1.47. The lowest BCUT2D eigenvalue weighted by atomic mass is 10.2. The average Bonchev–Trinajstić information content (AvgIpc) is 2.02. The Morgan fingerprint density at radius 3 is 2.92 bits per heavy atom. The van der Waals surface area contributed by atoms with Gasteiger partial charge in [-0.3, -0.25) is 4.79 Å². The summed E-state index contributed by atoms with van der Waals surface area (Å²) < 4.78 is 0. The number of aromatic nitrogens is 1. The molecular weight excluding hydrogens is 190 g/mol. The Morgan fingerprint density at radius 1 is 1.38 bits per heavy atom. The molecule has 0 atom stereocenters. The van der Waals surface area contributed by atoms with Gasteiger partial charge in [-0.05, 0) is 12.1 Å². The zero-order valence-electron chi connectivity index (χ0n) is 6.54.